The van der Waals surface area contributed by atoms with Crippen LogP contribution in [0.3, 0.4) is 0 Å². The predicted molar refractivity (Wildman–Crippen MR) is 104 cm³/mol. The molecule has 1 fully saturated rings. The summed E-state index contributed by atoms with van der Waals surface area (Å²) < 4.78 is 21.7. The van der Waals surface area contributed by atoms with Gasteiger partial charge in [-0.3, -0.25) is 0 Å². The summed E-state index contributed by atoms with van der Waals surface area (Å²) in [6.45, 7) is -0.392. The number of rotatable bonds is 5. The molecule has 2 heterocycles. The number of hydrogen-bond donors (Lipinski definition) is 3. The Hall–Kier alpha value is -2.13. The molecule has 0 aliphatic carbocycles. The van der Waals surface area contributed by atoms with Crippen molar-refractivity contribution in [2.45, 2.75) is 29.4 Å². The third-order valence-electron chi connectivity index (χ3n) is 4.78. The monoisotopic (exact) mass is 465 g/mol. The van der Waals surface area contributed by atoms with Crippen LogP contribution in [-0.2, 0) is 4.74 Å². The first-order valence-electron chi connectivity index (χ1n) is 9.09. The van der Waals surface area contributed by atoms with Crippen molar-refractivity contribution in [3.05, 3.63) is 66.6 Å². The molecule has 0 saturated carbocycles. The number of ether oxygens (including phenoxy) is 1. The van der Waals surface area contributed by atoms with E-state index in [1.54, 1.807) is 18.3 Å². The van der Waals surface area contributed by atoms with Crippen LogP contribution >= 0.6 is 0 Å². The van der Waals surface area contributed by atoms with Crippen LogP contribution in [0.2, 0.25) is 0 Å². The summed E-state index contributed by atoms with van der Waals surface area (Å²) in [6.07, 6.45) is -1.55. The average Bonchev–Trinajstić information content (AvgIpc) is 3.21. The van der Waals surface area contributed by atoms with Crippen molar-refractivity contribution in [1.82, 2.24) is 15.0 Å². The Kier molecular flexibility index (Phi) is 6.05. The van der Waals surface area contributed by atoms with Gasteiger partial charge in [-0.15, -0.1) is 0 Å². The summed E-state index contributed by atoms with van der Waals surface area (Å²) in [5.74, 6) is -0.394. The molecule has 29 heavy (non-hydrogen) atoms. The Morgan fingerprint density at radius 1 is 1.07 bits per heavy atom. The number of nitrogens with zero attached hydrogens (tertiary/aromatic N) is 3. The third-order valence-corrected chi connectivity index (χ3v) is 7.23. The molecule has 0 amide bonds. The number of benzene rings is 2. The van der Waals surface area contributed by atoms with Crippen LogP contribution in [0.15, 0.2) is 60.8 Å². The fourth-order valence-corrected chi connectivity index (χ4v) is 5.58. The van der Waals surface area contributed by atoms with E-state index >= 15 is 0 Å². The van der Waals surface area contributed by atoms with Gasteiger partial charge in [0.25, 0.3) is 0 Å². The van der Waals surface area contributed by atoms with Crippen molar-refractivity contribution in [3.63, 3.8) is 0 Å². The molecule has 1 aliphatic rings. The molecule has 0 unspecified atom stereocenters. The molecule has 1 aromatic heterocycles. The Labute approximate surface area is 172 Å². The average molecular weight is 464 g/mol. The van der Waals surface area contributed by atoms with E-state index in [0.717, 1.165) is 4.46 Å². The molecule has 2 aromatic carbocycles. The molecular formula is C20H20FN3O4Se. The quantitative estimate of drug-likeness (QED) is 0.463. The second-order valence-electron chi connectivity index (χ2n) is 6.72. The molecule has 1 saturated heterocycles. The van der Waals surface area contributed by atoms with Gasteiger partial charge < -0.3 is 0 Å². The van der Waals surface area contributed by atoms with Gasteiger partial charge in [-0.05, 0) is 0 Å². The van der Waals surface area contributed by atoms with Gasteiger partial charge >= 0.3 is 173 Å². The van der Waals surface area contributed by atoms with Crippen molar-refractivity contribution >= 4 is 19.4 Å². The third kappa shape index (κ3) is 4.25. The van der Waals surface area contributed by atoms with E-state index in [2.05, 4.69) is 10.3 Å². The zero-order valence-electron chi connectivity index (χ0n) is 15.2. The molecule has 4 rings (SSSR count). The summed E-state index contributed by atoms with van der Waals surface area (Å²) in [4.78, 5) is 0. The van der Waals surface area contributed by atoms with Crippen molar-refractivity contribution in [2.24, 2.45) is 0 Å². The van der Waals surface area contributed by atoms with Gasteiger partial charge in [-0.1, -0.05) is 0 Å². The van der Waals surface area contributed by atoms with Crippen molar-refractivity contribution in [2.75, 3.05) is 6.61 Å². The molecule has 1 aliphatic heterocycles. The Morgan fingerprint density at radius 3 is 2.59 bits per heavy atom. The van der Waals surface area contributed by atoms with E-state index in [-0.39, 0.29) is 15.0 Å². The van der Waals surface area contributed by atoms with E-state index in [0.29, 0.717) is 11.3 Å². The fourth-order valence-electron chi connectivity index (χ4n) is 3.31. The normalized spacial score (nSPS) is 27.1. The molecule has 0 radical (unpaired) electrons. The summed E-state index contributed by atoms with van der Waals surface area (Å²) in [5, 5.41) is 38.8. The van der Waals surface area contributed by atoms with Gasteiger partial charge in [0.05, 0.1) is 0 Å². The summed E-state index contributed by atoms with van der Waals surface area (Å²) in [6, 6.07) is 14.7. The molecule has 7 nitrogen and oxygen atoms in total. The molecule has 0 bridgehead atoms. The molecule has 3 aromatic rings. The number of hydrogen-bond acceptors (Lipinski definition) is 6. The van der Waals surface area contributed by atoms with Gasteiger partial charge in [0.1, 0.15) is 0 Å². The van der Waals surface area contributed by atoms with E-state index in [1.807, 2.05) is 30.3 Å². The SMILES string of the molecule is OC[C@H]1O[C@@H]([Se]c2ccccc2)[C@H](O)[C@@H](n2cc(-c3cccc(F)c3)nn2)[C@H]1O. The van der Waals surface area contributed by atoms with E-state index in [4.69, 9.17) is 4.74 Å². The van der Waals surface area contributed by atoms with Crippen molar-refractivity contribution in [1.29, 1.82) is 0 Å². The van der Waals surface area contributed by atoms with Crippen molar-refractivity contribution in [3.8, 4) is 11.3 Å². The van der Waals surface area contributed by atoms with Crippen LogP contribution in [-0.4, -0.2) is 75.2 Å². The number of halogens is 1. The minimum atomic E-state index is -1.18. The standard InChI is InChI=1S/C20H20FN3O4Se/c21-13-6-4-5-12(9-13)15-10-24(23-22-15)17-18(26)16(11-25)28-20(19(17)27)29-14-7-2-1-3-8-14/h1-10,16-20,25-27H,11H2/t16-,17+,18+,19-,20+/m1/s1. The predicted octanol–water partition coefficient (Wildman–Crippen LogP) is 0.0940. The van der Waals surface area contributed by atoms with Crippen LogP contribution in [0.1, 0.15) is 6.04 Å². The number of aliphatic hydroxyl groups excluding tert-OH is 3. The van der Waals surface area contributed by atoms with E-state index in [1.165, 1.54) is 16.8 Å². The van der Waals surface area contributed by atoms with E-state index in [9.17, 15) is 19.7 Å². The molecule has 5 atom stereocenters. The van der Waals surface area contributed by atoms with Gasteiger partial charge in [0.2, 0.25) is 0 Å². The zero-order chi connectivity index (χ0) is 20.4. The first-order chi connectivity index (χ1) is 14.1. The second-order valence-corrected chi connectivity index (χ2v) is 9.18. The van der Waals surface area contributed by atoms with Crippen LogP contribution in [0.4, 0.5) is 4.39 Å². The first-order valence-corrected chi connectivity index (χ1v) is 10.9. The Bertz CT molecular complexity index is 958. The van der Waals surface area contributed by atoms with Gasteiger partial charge in [0, 0.05) is 0 Å². The second kappa shape index (κ2) is 8.71. The summed E-state index contributed by atoms with van der Waals surface area (Å²) in [7, 11) is 0. The molecule has 0 spiro atoms. The Balaban J connectivity index is 1.62. The minimum absolute atomic E-state index is 0.252. The Morgan fingerprint density at radius 2 is 1.86 bits per heavy atom. The topological polar surface area (TPSA) is 101 Å². The first kappa shape index (κ1) is 20.2. The molecule has 9 heteroatoms. The van der Waals surface area contributed by atoms with Crippen LogP contribution in [0.5, 0.6) is 0 Å². The maximum absolute atomic E-state index is 13.5. The van der Waals surface area contributed by atoms with Crippen molar-refractivity contribution < 1.29 is 24.4 Å². The number of aromatic nitrogens is 3. The summed E-state index contributed by atoms with van der Waals surface area (Å²) in [5.41, 5.74) is 0.956. The van der Waals surface area contributed by atoms with Gasteiger partial charge in [-0.25, -0.2) is 0 Å². The maximum atomic E-state index is 13.5. The molecule has 3 N–H and O–H groups in total. The number of aliphatic hydroxyl groups is 3. The zero-order valence-corrected chi connectivity index (χ0v) is 17.0. The van der Waals surface area contributed by atoms with Crippen LogP contribution < -0.4 is 4.46 Å². The molecular weight excluding hydrogens is 444 g/mol. The van der Waals surface area contributed by atoms with E-state index < -0.39 is 41.8 Å². The van der Waals surface area contributed by atoms with Gasteiger partial charge in [-0.2, -0.15) is 0 Å². The van der Waals surface area contributed by atoms with Gasteiger partial charge in [0.15, 0.2) is 0 Å². The van der Waals surface area contributed by atoms with Crippen LogP contribution in [0, 0.1) is 5.82 Å². The summed E-state index contributed by atoms with van der Waals surface area (Å²) >= 11 is -0.252. The van der Waals surface area contributed by atoms with Crippen LogP contribution in [0.25, 0.3) is 11.3 Å². The fraction of sp³-hybridized carbons (Fsp3) is 0.300. The molecule has 152 valence electrons.